The summed E-state index contributed by atoms with van der Waals surface area (Å²) in [6.45, 7) is 1.74. The average Bonchev–Trinajstić information content (AvgIpc) is 2.52. The minimum Gasteiger partial charge on any atom is -0.507 e. The van der Waals surface area contributed by atoms with Crippen LogP contribution in [0.25, 0.3) is 0 Å². The number of alkyl halides is 1. The molecule has 1 aliphatic rings. The molecule has 0 saturated heterocycles. The van der Waals surface area contributed by atoms with Gasteiger partial charge in [-0.2, -0.15) is 0 Å². The molecule has 6 heteroatoms. The molecular weight excluding hydrogens is 344 g/mol. The maximum absolute atomic E-state index is 12.5. The number of ether oxygens (including phenoxy) is 2. The van der Waals surface area contributed by atoms with Crippen molar-refractivity contribution in [2.75, 3.05) is 7.11 Å². The van der Waals surface area contributed by atoms with Crippen LogP contribution >= 0.6 is 11.6 Å². The third kappa shape index (κ3) is 5.63. The van der Waals surface area contributed by atoms with Gasteiger partial charge in [-0.15, -0.1) is 11.6 Å². The first-order chi connectivity index (χ1) is 11.9. The second-order valence-electron chi connectivity index (χ2n) is 6.53. The van der Waals surface area contributed by atoms with E-state index >= 15 is 0 Å². The van der Waals surface area contributed by atoms with E-state index in [4.69, 9.17) is 21.1 Å². The molecule has 2 rings (SSSR count). The van der Waals surface area contributed by atoms with Crippen LogP contribution in [-0.4, -0.2) is 35.4 Å². The molecule has 1 aromatic carbocycles. The summed E-state index contributed by atoms with van der Waals surface area (Å²) in [6.07, 6.45) is 3.84. The molecule has 1 heterocycles. The summed E-state index contributed by atoms with van der Waals surface area (Å²) in [7, 11) is 1.51. The predicted octanol–water partition coefficient (Wildman–Crippen LogP) is 4.02. The number of halogens is 1. The molecular formula is C19H25ClO5. The fourth-order valence-electron chi connectivity index (χ4n) is 3.10. The molecule has 138 valence electrons. The molecule has 0 saturated carbocycles. The van der Waals surface area contributed by atoms with E-state index in [0.717, 1.165) is 19.3 Å². The number of ketones is 1. The van der Waals surface area contributed by atoms with Crippen LogP contribution in [0.5, 0.6) is 11.5 Å². The lowest BCUT2D eigenvalue weighted by atomic mass is 9.98. The summed E-state index contributed by atoms with van der Waals surface area (Å²) in [5, 5.41) is 9.91. The fraction of sp³-hybridized carbons (Fsp3) is 0.579. The number of cyclic esters (lactones) is 1. The van der Waals surface area contributed by atoms with Gasteiger partial charge in [0.05, 0.1) is 7.11 Å². The van der Waals surface area contributed by atoms with Gasteiger partial charge in [0.15, 0.2) is 0 Å². The van der Waals surface area contributed by atoms with Crippen LogP contribution < -0.4 is 4.74 Å². The van der Waals surface area contributed by atoms with Crippen molar-refractivity contribution in [1.82, 2.24) is 0 Å². The van der Waals surface area contributed by atoms with E-state index < -0.39 is 12.1 Å². The Labute approximate surface area is 153 Å². The van der Waals surface area contributed by atoms with Gasteiger partial charge < -0.3 is 14.6 Å². The number of fused-ring (bicyclic) bond motifs is 1. The molecule has 0 radical (unpaired) electrons. The molecule has 1 aromatic rings. The Kier molecular flexibility index (Phi) is 7.12. The van der Waals surface area contributed by atoms with Gasteiger partial charge in [0.25, 0.3) is 0 Å². The summed E-state index contributed by atoms with van der Waals surface area (Å²) in [5.74, 6) is -0.0735. The highest BCUT2D eigenvalue weighted by Gasteiger charge is 2.23. The van der Waals surface area contributed by atoms with Gasteiger partial charge in [-0.3, -0.25) is 4.79 Å². The lowest BCUT2D eigenvalue weighted by molar-refractivity contribution is -0.119. The highest BCUT2D eigenvalue weighted by atomic mass is 35.5. The number of phenols is 1. The number of benzene rings is 1. The Balaban J connectivity index is 2.28. The maximum atomic E-state index is 12.5. The smallest absolute Gasteiger partial charge is 0.342 e. The standard InChI is InChI=1S/C19H25ClO5/c1-12-8-14(20)10-15(21)7-5-3-4-6-13-9-16(24-2)11-17(22)18(13)19(23)25-12/h9,11-12,14,22H,3-8,10H2,1-2H3/t12-,14+/m0/s1. The van der Waals surface area contributed by atoms with E-state index in [2.05, 4.69) is 0 Å². The van der Waals surface area contributed by atoms with Gasteiger partial charge in [-0.25, -0.2) is 4.79 Å². The summed E-state index contributed by atoms with van der Waals surface area (Å²) in [5.41, 5.74) is 0.881. The minimum absolute atomic E-state index is 0.142. The molecule has 0 spiro atoms. The van der Waals surface area contributed by atoms with Crippen LogP contribution in [-0.2, 0) is 16.0 Å². The number of Topliss-reactive ketones (excluding diaryl/α,β-unsaturated/α-hetero) is 1. The molecule has 0 amide bonds. The summed E-state index contributed by atoms with van der Waals surface area (Å²) >= 11 is 6.22. The topological polar surface area (TPSA) is 72.8 Å². The van der Waals surface area contributed by atoms with Crippen molar-refractivity contribution < 1.29 is 24.2 Å². The Bertz CT molecular complexity index is 628. The van der Waals surface area contributed by atoms with Crippen molar-refractivity contribution in [3.05, 3.63) is 23.3 Å². The molecule has 0 aliphatic carbocycles. The number of rotatable bonds is 1. The zero-order valence-corrected chi connectivity index (χ0v) is 15.5. The summed E-state index contributed by atoms with van der Waals surface area (Å²) in [4.78, 5) is 24.5. The van der Waals surface area contributed by atoms with Gasteiger partial charge in [0.1, 0.15) is 28.9 Å². The monoisotopic (exact) mass is 368 g/mol. The normalized spacial score (nSPS) is 23.3. The van der Waals surface area contributed by atoms with Gasteiger partial charge >= 0.3 is 5.97 Å². The minimum atomic E-state index is -0.574. The van der Waals surface area contributed by atoms with Gasteiger partial charge in [0, 0.05) is 30.7 Å². The molecule has 2 atom stereocenters. The number of aromatic hydroxyl groups is 1. The van der Waals surface area contributed by atoms with E-state index in [1.54, 1.807) is 13.0 Å². The zero-order valence-electron chi connectivity index (χ0n) is 14.7. The van der Waals surface area contributed by atoms with Crippen molar-refractivity contribution in [2.24, 2.45) is 0 Å². The van der Waals surface area contributed by atoms with Crippen LogP contribution in [0.1, 0.15) is 61.4 Å². The van der Waals surface area contributed by atoms with E-state index in [-0.39, 0.29) is 22.5 Å². The second kappa shape index (κ2) is 9.09. The number of esters is 1. The molecule has 0 bridgehead atoms. The van der Waals surface area contributed by atoms with Crippen LogP contribution in [0.4, 0.5) is 0 Å². The third-order valence-corrected chi connectivity index (χ3v) is 4.69. The summed E-state index contributed by atoms with van der Waals surface area (Å²) in [6, 6.07) is 3.17. The van der Waals surface area contributed by atoms with Crippen molar-refractivity contribution >= 4 is 23.4 Å². The number of aryl methyl sites for hydroxylation is 1. The SMILES string of the molecule is COc1cc(O)c2c(c1)CCCCCC(=O)C[C@H](Cl)C[C@H](C)OC2=O. The van der Waals surface area contributed by atoms with E-state index in [1.165, 1.54) is 13.2 Å². The van der Waals surface area contributed by atoms with Crippen LogP contribution in [0.2, 0.25) is 0 Å². The second-order valence-corrected chi connectivity index (χ2v) is 7.15. The average molecular weight is 369 g/mol. The Hall–Kier alpha value is -1.75. The van der Waals surface area contributed by atoms with Gasteiger partial charge in [-0.05, 0) is 37.8 Å². The molecule has 0 unspecified atom stereocenters. The number of hydrogen-bond donors (Lipinski definition) is 1. The Morgan fingerprint density at radius 1 is 1.20 bits per heavy atom. The van der Waals surface area contributed by atoms with E-state index in [0.29, 0.717) is 37.0 Å². The Morgan fingerprint density at radius 3 is 2.64 bits per heavy atom. The third-order valence-electron chi connectivity index (χ3n) is 4.36. The lowest BCUT2D eigenvalue weighted by Gasteiger charge is -2.19. The highest BCUT2D eigenvalue weighted by Crippen LogP contribution is 2.31. The quantitative estimate of drug-likeness (QED) is 0.598. The highest BCUT2D eigenvalue weighted by molar-refractivity contribution is 6.21. The van der Waals surface area contributed by atoms with E-state index in [1.807, 2.05) is 0 Å². The first-order valence-corrected chi connectivity index (χ1v) is 9.11. The largest absolute Gasteiger partial charge is 0.507 e. The first-order valence-electron chi connectivity index (χ1n) is 8.67. The molecule has 1 aliphatic heterocycles. The van der Waals surface area contributed by atoms with Gasteiger partial charge in [0.2, 0.25) is 0 Å². The van der Waals surface area contributed by atoms with Crippen LogP contribution in [0, 0.1) is 0 Å². The number of carbonyl (C=O) groups excluding carboxylic acids is 2. The number of hydrogen-bond acceptors (Lipinski definition) is 5. The van der Waals surface area contributed by atoms with Gasteiger partial charge in [-0.1, -0.05) is 6.42 Å². The van der Waals surface area contributed by atoms with Crippen LogP contribution in [0.3, 0.4) is 0 Å². The molecule has 0 fully saturated rings. The van der Waals surface area contributed by atoms with Crippen molar-refractivity contribution in [3.8, 4) is 11.5 Å². The molecule has 25 heavy (non-hydrogen) atoms. The molecule has 1 N–H and O–H groups in total. The van der Waals surface area contributed by atoms with Crippen molar-refractivity contribution in [1.29, 1.82) is 0 Å². The lowest BCUT2D eigenvalue weighted by Crippen LogP contribution is -2.21. The molecule has 5 nitrogen and oxygen atoms in total. The number of carbonyl (C=O) groups is 2. The van der Waals surface area contributed by atoms with E-state index in [9.17, 15) is 14.7 Å². The predicted molar refractivity (Wildman–Crippen MR) is 95.6 cm³/mol. The van der Waals surface area contributed by atoms with Crippen molar-refractivity contribution in [2.45, 2.75) is 63.4 Å². The summed E-state index contributed by atoms with van der Waals surface area (Å²) < 4.78 is 10.6. The zero-order chi connectivity index (χ0) is 18.4. The maximum Gasteiger partial charge on any atom is 0.342 e. The van der Waals surface area contributed by atoms with Crippen LogP contribution in [0.15, 0.2) is 12.1 Å². The fourth-order valence-corrected chi connectivity index (χ4v) is 3.53. The van der Waals surface area contributed by atoms with Crippen molar-refractivity contribution in [3.63, 3.8) is 0 Å². The number of methoxy groups -OCH3 is 1. The Morgan fingerprint density at radius 2 is 1.92 bits per heavy atom. The first kappa shape index (κ1) is 19.6. The number of phenolic OH excluding ortho intramolecular Hbond substituents is 1. The molecule has 0 aromatic heterocycles.